The second-order valence-electron chi connectivity index (χ2n) is 6.09. The Bertz CT molecular complexity index is 877. The van der Waals surface area contributed by atoms with Gasteiger partial charge in [-0.25, -0.2) is 0 Å². The molecular formula is C19H19BrN4O2. The van der Waals surface area contributed by atoms with Crippen LogP contribution in [0.15, 0.2) is 59.6 Å². The van der Waals surface area contributed by atoms with Gasteiger partial charge in [0.05, 0.1) is 5.69 Å². The van der Waals surface area contributed by atoms with Gasteiger partial charge in [0.2, 0.25) is 0 Å². The van der Waals surface area contributed by atoms with E-state index in [9.17, 15) is 4.79 Å². The molecule has 3 aromatic rings. The normalized spacial score (nSPS) is 10.8. The molecule has 0 bridgehead atoms. The minimum Gasteiger partial charge on any atom is -0.482 e. The van der Waals surface area contributed by atoms with Crippen LogP contribution in [0.4, 0.5) is 5.69 Å². The summed E-state index contributed by atoms with van der Waals surface area (Å²) in [6, 6.07) is 13.3. The van der Waals surface area contributed by atoms with Crippen LogP contribution in [0.5, 0.6) is 5.75 Å². The first-order valence-electron chi connectivity index (χ1n) is 8.20. The van der Waals surface area contributed by atoms with Crippen LogP contribution in [0.3, 0.4) is 0 Å². The second-order valence-corrected chi connectivity index (χ2v) is 7.01. The molecule has 6 nitrogen and oxygen atoms in total. The molecule has 134 valence electrons. The van der Waals surface area contributed by atoms with Crippen LogP contribution < -0.4 is 10.1 Å². The van der Waals surface area contributed by atoms with Crippen molar-refractivity contribution in [2.24, 2.45) is 0 Å². The average molecular weight is 415 g/mol. The van der Waals surface area contributed by atoms with Crippen molar-refractivity contribution < 1.29 is 9.53 Å². The van der Waals surface area contributed by atoms with Crippen molar-refractivity contribution in [2.75, 3.05) is 11.9 Å². The van der Waals surface area contributed by atoms with E-state index in [4.69, 9.17) is 4.74 Å². The molecule has 0 atom stereocenters. The largest absolute Gasteiger partial charge is 0.482 e. The Morgan fingerprint density at radius 1 is 1.15 bits per heavy atom. The molecule has 0 saturated carbocycles. The van der Waals surface area contributed by atoms with E-state index >= 15 is 0 Å². The van der Waals surface area contributed by atoms with E-state index < -0.39 is 0 Å². The highest BCUT2D eigenvalue weighted by atomic mass is 79.9. The average Bonchev–Trinajstić information content (AvgIpc) is 3.16. The lowest BCUT2D eigenvalue weighted by Crippen LogP contribution is -2.20. The summed E-state index contributed by atoms with van der Waals surface area (Å²) in [5, 5.41) is 10.5. The number of ether oxygens (including phenoxy) is 1. The van der Waals surface area contributed by atoms with Crippen molar-refractivity contribution in [3.05, 3.63) is 65.2 Å². The number of halogens is 1. The van der Waals surface area contributed by atoms with Crippen molar-refractivity contribution in [2.45, 2.75) is 19.8 Å². The highest BCUT2D eigenvalue weighted by Gasteiger charge is 2.12. The lowest BCUT2D eigenvalue weighted by Gasteiger charge is -2.15. The zero-order valence-electron chi connectivity index (χ0n) is 14.5. The fraction of sp³-hybridized carbons (Fsp3) is 0.211. The van der Waals surface area contributed by atoms with Gasteiger partial charge in [0.15, 0.2) is 6.61 Å². The molecule has 0 unspecified atom stereocenters. The Kier molecular flexibility index (Phi) is 5.68. The van der Waals surface area contributed by atoms with E-state index in [-0.39, 0.29) is 12.5 Å². The number of rotatable bonds is 6. The molecule has 7 heteroatoms. The van der Waals surface area contributed by atoms with Gasteiger partial charge in [0.1, 0.15) is 18.4 Å². The van der Waals surface area contributed by atoms with Crippen molar-refractivity contribution in [1.29, 1.82) is 0 Å². The summed E-state index contributed by atoms with van der Waals surface area (Å²) in [6.07, 6.45) is 3.21. The Hall–Kier alpha value is -2.67. The van der Waals surface area contributed by atoms with Crippen LogP contribution in [0, 0.1) is 0 Å². The van der Waals surface area contributed by atoms with Gasteiger partial charge in [0.25, 0.3) is 5.91 Å². The maximum Gasteiger partial charge on any atom is 0.262 e. The number of amides is 1. The topological polar surface area (TPSA) is 69.0 Å². The molecule has 1 heterocycles. The molecule has 0 saturated heterocycles. The van der Waals surface area contributed by atoms with Gasteiger partial charge in [-0.1, -0.05) is 35.8 Å². The van der Waals surface area contributed by atoms with Crippen LogP contribution in [-0.4, -0.2) is 27.3 Å². The first-order valence-corrected chi connectivity index (χ1v) is 8.99. The van der Waals surface area contributed by atoms with Gasteiger partial charge in [0, 0.05) is 10.2 Å². The summed E-state index contributed by atoms with van der Waals surface area (Å²) < 4.78 is 8.48. The van der Waals surface area contributed by atoms with Crippen LogP contribution in [-0.2, 0) is 4.79 Å². The number of carbonyl (C=O) groups excluding carboxylic acids is 1. The quantitative estimate of drug-likeness (QED) is 0.656. The minimum atomic E-state index is -0.227. The first-order chi connectivity index (χ1) is 12.5. The van der Waals surface area contributed by atoms with Crippen LogP contribution in [0.2, 0.25) is 0 Å². The van der Waals surface area contributed by atoms with Gasteiger partial charge in [-0.3, -0.25) is 9.36 Å². The standard InChI is InChI=1S/C19H19BrN4O2/c1-13(2)14-3-8-18(17(9-14)24-11-21-22-12-24)26-10-19(25)23-16-6-4-15(20)5-7-16/h3-9,11-13H,10H2,1-2H3,(H,23,25). The van der Waals surface area contributed by atoms with E-state index in [1.807, 2.05) is 42.5 Å². The molecule has 1 amide bonds. The van der Waals surface area contributed by atoms with Gasteiger partial charge >= 0.3 is 0 Å². The summed E-state index contributed by atoms with van der Waals surface area (Å²) in [7, 11) is 0. The SMILES string of the molecule is CC(C)c1ccc(OCC(=O)Nc2ccc(Br)cc2)c(-n2cnnc2)c1. The number of anilines is 1. The summed E-state index contributed by atoms with van der Waals surface area (Å²) >= 11 is 3.37. The fourth-order valence-electron chi connectivity index (χ4n) is 2.42. The number of hydrogen-bond acceptors (Lipinski definition) is 4. The van der Waals surface area contributed by atoms with Crippen LogP contribution >= 0.6 is 15.9 Å². The zero-order valence-corrected chi connectivity index (χ0v) is 16.1. The maximum absolute atomic E-state index is 12.2. The third kappa shape index (κ3) is 4.49. The van der Waals surface area contributed by atoms with Crippen LogP contribution in [0.1, 0.15) is 25.3 Å². The number of nitrogens with one attached hydrogen (secondary N) is 1. The minimum absolute atomic E-state index is 0.0911. The molecule has 0 aliphatic rings. The highest BCUT2D eigenvalue weighted by molar-refractivity contribution is 9.10. The highest BCUT2D eigenvalue weighted by Crippen LogP contribution is 2.27. The predicted molar refractivity (Wildman–Crippen MR) is 104 cm³/mol. The Morgan fingerprint density at radius 2 is 1.85 bits per heavy atom. The molecule has 0 aliphatic heterocycles. The van der Waals surface area contributed by atoms with E-state index in [1.54, 1.807) is 17.2 Å². The van der Waals surface area contributed by atoms with Crippen molar-refractivity contribution in [3.63, 3.8) is 0 Å². The summed E-state index contributed by atoms with van der Waals surface area (Å²) in [5.41, 5.74) is 2.69. The van der Waals surface area contributed by atoms with Gasteiger partial charge in [-0.05, 0) is 47.9 Å². The van der Waals surface area contributed by atoms with Gasteiger partial charge < -0.3 is 10.1 Å². The number of carbonyl (C=O) groups is 1. The molecule has 2 aromatic carbocycles. The molecule has 0 radical (unpaired) electrons. The molecule has 0 aliphatic carbocycles. The predicted octanol–water partition coefficient (Wildman–Crippen LogP) is 4.17. The van der Waals surface area contributed by atoms with Gasteiger partial charge in [-0.15, -0.1) is 10.2 Å². The Morgan fingerprint density at radius 3 is 2.50 bits per heavy atom. The molecular weight excluding hydrogens is 396 g/mol. The van der Waals surface area contributed by atoms with Crippen molar-refractivity contribution >= 4 is 27.5 Å². The van der Waals surface area contributed by atoms with E-state index in [0.29, 0.717) is 11.7 Å². The summed E-state index contributed by atoms with van der Waals surface area (Å²) in [6.45, 7) is 4.15. The third-order valence-electron chi connectivity index (χ3n) is 3.83. The first kappa shape index (κ1) is 18.1. The smallest absolute Gasteiger partial charge is 0.262 e. The van der Waals surface area contributed by atoms with Crippen molar-refractivity contribution in [3.8, 4) is 11.4 Å². The number of benzene rings is 2. The van der Waals surface area contributed by atoms with E-state index in [0.717, 1.165) is 15.8 Å². The lowest BCUT2D eigenvalue weighted by molar-refractivity contribution is -0.118. The molecule has 1 aromatic heterocycles. The number of hydrogen-bond donors (Lipinski definition) is 1. The summed E-state index contributed by atoms with van der Waals surface area (Å²) in [5.74, 6) is 0.745. The summed E-state index contributed by atoms with van der Waals surface area (Å²) in [4.78, 5) is 12.2. The lowest BCUT2D eigenvalue weighted by atomic mass is 10.0. The maximum atomic E-state index is 12.2. The monoisotopic (exact) mass is 414 g/mol. The molecule has 3 rings (SSSR count). The third-order valence-corrected chi connectivity index (χ3v) is 4.36. The Balaban J connectivity index is 1.72. The number of nitrogens with zero attached hydrogens (tertiary/aromatic N) is 3. The van der Waals surface area contributed by atoms with Crippen molar-refractivity contribution in [1.82, 2.24) is 14.8 Å². The van der Waals surface area contributed by atoms with E-state index in [2.05, 4.69) is 45.3 Å². The molecule has 26 heavy (non-hydrogen) atoms. The number of aromatic nitrogens is 3. The second kappa shape index (κ2) is 8.14. The Labute approximate surface area is 160 Å². The van der Waals surface area contributed by atoms with Crippen LogP contribution in [0.25, 0.3) is 5.69 Å². The van der Waals surface area contributed by atoms with E-state index in [1.165, 1.54) is 5.56 Å². The molecule has 0 fully saturated rings. The fourth-order valence-corrected chi connectivity index (χ4v) is 2.68. The molecule has 0 spiro atoms. The molecule has 1 N–H and O–H groups in total. The zero-order chi connectivity index (χ0) is 18.5. The van der Waals surface area contributed by atoms with Gasteiger partial charge in [-0.2, -0.15) is 0 Å².